The Hall–Kier alpha value is -1.43. The van der Waals surface area contributed by atoms with Gasteiger partial charge in [0.1, 0.15) is 0 Å². The van der Waals surface area contributed by atoms with Gasteiger partial charge in [-0.1, -0.05) is 0 Å². The Kier molecular flexibility index (Phi) is 3.86. The summed E-state index contributed by atoms with van der Waals surface area (Å²) in [5.41, 5.74) is 2.93. The van der Waals surface area contributed by atoms with E-state index in [1.807, 2.05) is 0 Å². The van der Waals surface area contributed by atoms with Crippen LogP contribution in [0, 0.1) is 0 Å². The van der Waals surface area contributed by atoms with Crippen LogP contribution in [-0.4, -0.2) is 27.2 Å². The molecule has 0 aliphatic carbocycles. The minimum atomic E-state index is -0.421. The third-order valence-electron chi connectivity index (χ3n) is 4.11. The first-order valence-corrected chi connectivity index (χ1v) is 10.1. The van der Waals surface area contributed by atoms with E-state index in [0.717, 1.165) is 17.9 Å². The second kappa shape index (κ2) is 5.99. The number of aryl methyl sites for hydroxylation is 1. The van der Waals surface area contributed by atoms with Crippen LogP contribution in [0.3, 0.4) is 0 Å². The monoisotopic (exact) mass is 408 g/mol. The van der Waals surface area contributed by atoms with Crippen molar-refractivity contribution in [3.63, 3.8) is 0 Å². The van der Waals surface area contributed by atoms with Crippen LogP contribution >= 0.6 is 0 Å². The van der Waals surface area contributed by atoms with Crippen molar-refractivity contribution >= 4 is 29.2 Å². The van der Waals surface area contributed by atoms with Gasteiger partial charge in [0.05, 0.1) is 0 Å². The average molecular weight is 406 g/mol. The molecule has 2 heterocycles. The Labute approximate surface area is 140 Å². The molecular formula is C19H18O2Te. The minimum absolute atomic E-state index is 0.365. The van der Waals surface area contributed by atoms with Gasteiger partial charge in [-0.2, -0.15) is 0 Å². The van der Waals surface area contributed by atoms with Gasteiger partial charge >= 0.3 is 140 Å². The van der Waals surface area contributed by atoms with Gasteiger partial charge in [-0.3, -0.25) is 0 Å². The molecule has 0 fully saturated rings. The third kappa shape index (κ3) is 2.33. The Morgan fingerprint density at radius 3 is 2.73 bits per heavy atom. The molecule has 22 heavy (non-hydrogen) atoms. The molecule has 0 unspecified atom stereocenters. The summed E-state index contributed by atoms with van der Waals surface area (Å²) in [6, 6.07) is 15.2. The van der Waals surface area contributed by atoms with Crippen LogP contribution in [0.25, 0.3) is 17.9 Å². The molecule has 1 aromatic heterocycles. The van der Waals surface area contributed by atoms with E-state index < -0.39 is 20.4 Å². The van der Waals surface area contributed by atoms with Crippen molar-refractivity contribution in [2.45, 2.75) is 26.2 Å². The number of fused-ring (bicyclic) bond motifs is 3. The molecule has 1 aliphatic heterocycles. The van der Waals surface area contributed by atoms with Gasteiger partial charge in [0.25, 0.3) is 0 Å². The van der Waals surface area contributed by atoms with E-state index in [1.54, 1.807) is 9.14 Å². The van der Waals surface area contributed by atoms with Crippen LogP contribution < -0.4 is 9.47 Å². The number of ether oxygens (including phenoxy) is 2. The standard InChI is InChI=1S/C19H18O2Te/c1-2-3-9-14-15-10-11-16-17(21-12-20-16)19(15)22-18(14)13-7-5-4-6-8-13/h4-8,10-11H,2-3,9,12H2,1H3. The first kappa shape index (κ1) is 14.2. The second-order valence-corrected chi connectivity index (χ2v) is 8.47. The first-order chi connectivity index (χ1) is 10.9. The fourth-order valence-electron chi connectivity index (χ4n) is 3.00. The van der Waals surface area contributed by atoms with Crippen molar-refractivity contribution < 1.29 is 9.47 Å². The summed E-state index contributed by atoms with van der Waals surface area (Å²) in [4.78, 5) is 0. The molecule has 0 spiro atoms. The zero-order valence-electron chi connectivity index (χ0n) is 12.6. The van der Waals surface area contributed by atoms with Crippen molar-refractivity contribution in [3.8, 4) is 20.6 Å². The fourth-order valence-corrected chi connectivity index (χ4v) is 6.84. The van der Waals surface area contributed by atoms with Crippen molar-refractivity contribution in [2.75, 3.05) is 6.79 Å². The van der Waals surface area contributed by atoms with Crippen LogP contribution in [0.2, 0.25) is 0 Å². The SMILES string of the molecule is CCCCc1c(-c2ccccc2)[te]c2c3c(ccc12)OCO3. The van der Waals surface area contributed by atoms with E-state index in [1.165, 1.54) is 27.2 Å². The molecule has 0 saturated heterocycles. The molecule has 0 bridgehead atoms. The van der Waals surface area contributed by atoms with Crippen LogP contribution in [0.15, 0.2) is 42.5 Å². The Morgan fingerprint density at radius 1 is 1.05 bits per heavy atom. The van der Waals surface area contributed by atoms with Crippen molar-refractivity contribution in [1.29, 1.82) is 0 Å². The molecule has 0 N–H and O–H groups in total. The molecule has 2 nitrogen and oxygen atoms in total. The van der Waals surface area contributed by atoms with Gasteiger partial charge in [0.15, 0.2) is 0 Å². The summed E-state index contributed by atoms with van der Waals surface area (Å²) in [6.07, 6.45) is 3.64. The maximum absolute atomic E-state index is 5.76. The zero-order chi connectivity index (χ0) is 14.9. The summed E-state index contributed by atoms with van der Waals surface area (Å²) in [7, 11) is 0. The predicted octanol–water partition coefficient (Wildman–Crippen LogP) is 4.64. The maximum atomic E-state index is 5.76. The Balaban J connectivity index is 1.94. The van der Waals surface area contributed by atoms with E-state index in [4.69, 9.17) is 9.47 Å². The average Bonchev–Trinajstić information content (AvgIpc) is 3.17. The molecule has 3 heteroatoms. The van der Waals surface area contributed by atoms with Crippen LogP contribution in [-0.2, 0) is 6.42 Å². The molecule has 0 saturated carbocycles. The van der Waals surface area contributed by atoms with Gasteiger partial charge in [-0.15, -0.1) is 0 Å². The number of hydrogen-bond acceptors (Lipinski definition) is 2. The van der Waals surface area contributed by atoms with Crippen LogP contribution in [0.4, 0.5) is 0 Å². The van der Waals surface area contributed by atoms with Gasteiger partial charge in [0.2, 0.25) is 0 Å². The second-order valence-electron chi connectivity index (χ2n) is 5.56. The zero-order valence-corrected chi connectivity index (χ0v) is 14.9. The van der Waals surface area contributed by atoms with Crippen molar-refractivity contribution in [1.82, 2.24) is 0 Å². The molecule has 0 amide bonds. The van der Waals surface area contributed by atoms with E-state index in [-0.39, 0.29) is 0 Å². The molecule has 112 valence electrons. The van der Waals surface area contributed by atoms with Crippen LogP contribution in [0.1, 0.15) is 25.3 Å². The Bertz CT molecular complexity index is 805. The first-order valence-electron chi connectivity index (χ1n) is 7.78. The fraction of sp³-hybridized carbons (Fsp3) is 0.263. The van der Waals surface area contributed by atoms with E-state index in [0.29, 0.717) is 6.79 Å². The molecular weight excluding hydrogens is 388 g/mol. The predicted molar refractivity (Wildman–Crippen MR) is 91.1 cm³/mol. The summed E-state index contributed by atoms with van der Waals surface area (Å²) in [5, 5.41) is 1.42. The Morgan fingerprint density at radius 2 is 1.91 bits per heavy atom. The van der Waals surface area contributed by atoms with Crippen molar-refractivity contribution in [2.24, 2.45) is 0 Å². The number of unbranched alkanes of at least 4 members (excludes halogenated alkanes) is 1. The molecule has 2 aromatic carbocycles. The number of benzene rings is 2. The molecule has 3 aromatic rings. The summed E-state index contributed by atoms with van der Waals surface area (Å²) in [5.74, 6) is 1.94. The van der Waals surface area contributed by atoms with Crippen LogP contribution in [0.5, 0.6) is 11.5 Å². The van der Waals surface area contributed by atoms with Gasteiger partial charge in [-0.05, 0) is 0 Å². The van der Waals surface area contributed by atoms with E-state index in [2.05, 4.69) is 49.4 Å². The molecule has 0 atom stereocenters. The van der Waals surface area contributed by atoms with Gasteiger partial charge < -0.3 is 0 Å². The summed E-state index contributed by atoms with van der Waals surface area (Å²) >= 11 is -0.421. The van der Waals surface area contributed by atoms with E-state index >= 15 is 0 Å². The summed E-state index contributed by atoms with van der Waals surface area (Å²) < 4.78 is 14.3. The third-order valence-corrected chi connectivity index (χ3v) is 7.81. The topological polar surface area (TPSA) is 18.5 Å². The molecule has 0 radical (unpaired) electrons. The van der Waals surface area contributed by atoms with Gasteiger partial charge in [-0.25, -0.2) is 0 Å². The quantitative estimate of drug-likeness (QED) is 0.589. The molecule has 1 aliphatic rings. The molecule has 4 rings (SSSR count). The normalized spacial score (nSPS) is 13.0. The van der Waals surface area contributed by atoms with E-state index in [9.17, 15) is 0 Å². The summed E-state index contributed by atoms with van der Waals surface area (Å²) in [6.45, 7) is 2.62. The van der Waals surface area contributed by atoms with Crippen molar-refractivity contribution in [3.05, 3.63) is 48.0 Å². The number of hydrogen-bond donors (Lipinski definition) is 0. The number of rotatable bonds is 4. The van der Waals surface area contributed by atoms with Gasteiger partial charge in [0, 0.05) is 0 Å².